The molecule has 2 nitrogen and oxygen atoms in total. The smallest absolute Gasteiger partial charge is 0.124 e. The summed E-state index contributed by atoms with van der Waals surface area (Å²) < 4.78 is 19.6. The number of ether oxygens (including phenoxy) is 1. The summed E-state index contributed by atoms with van der Waals surface area (Å²) in [7, 11) is 0. The van der Waals surface area contributed by atoms with Gasteiger partial charge in [-0.05, 0) is 44.0 Å². The molecule has 0 aliphatic rings. The van der Waals surface area contributed by atoms with Gasteiger partial charge in [-0.1, -0.05) is 22.9 Å². The minimum absolute atomic E-state index is 0.304. The zero-order valence-electron chi connectivity index (χ0n) is 11.0. The van der Waals surface area contributed by atoms with E-state index in [4.69, 9.17) is 4.74 Å². The maximum absolute atomic E-state index is 13.3. The summed E-state index contributed by atoms with van der Waals surface area (Å²) in [5.41, 5.74) is 0.168. The van der Waals surface area contributed by atoms with Crippen LogP contribution in [0, 0.1) is 5.82 Å². The fourth-order valence-corrected chi connectivity index (χ4v) is 2.44. The molecule has 2 atom stereocenters. The first kappa shape index (κ1) is 15.6. The second-order valence-electron chi connectivity index (χ2n) is 4.60. The molecule has 0 fully saturated rings. The van der Waals surface area contributed by atoms with Gasteiger partial charge in [0.05, 0.1) is 11.7 Å². The fraction of sp³-hybridized carbons (Fsp3) is 0.571. The van der Waals surface area contributed by atoms with Crippen LogP contribution in [0.5, 0.6) is 0 Å². The van der Waals surface area contributed by atoms with Crippen LogP contribution in [-0.4, -0.2) is 23.4 Å². The lowest BCUT2D eigenvalue weighted by molar-refractivity contribution is -0.110. The maximum atomic E-state index is 13.3. The van der Waals surface area contributed by atoms with Crippen LogP contribution in [0.25, 0.3) is 0 Å². The lowest BCUT2D eigenvalue weighted by atomic mass is 9.90. The second kappa shape index (κ2) is 6.64. The van der Waals surface area contributed by atoms with Crippen molar-refractivity contribution in [1.82, 2.24) is 0 Å². The molecule has 0 saturated heterocycles. The van der Waals surface area contributed by atoms with E-state index < -0.39 is 11.7 Å². The molecule has 1 N–H and O–H groups in total. The van der Waals surface area contributed by atoms with E-state index in [9.17, 15) is 9.50 Å². The molecule has 0 bridgehead atoms. The summed E-state index contributed by atoms with van der Waals surface area (Å²) in [6, 6.07) is 4.65. The number of aliphatic hydroxyl groups is 1. The highest BCUT2D eigenvalue weighted by atomic mass is 79.9. The van der Waals surface area contributed by atoms with Crippen LogP contribution in [0.1, 0.15) is 32.8 Å². The Kier molecular flexibility index (Phi) is 5.76. The minimum Gasteiger partial charge on any atom is -0.390 e. The fourth-order valence-electron chi connectivity index (χ4n) is 1.93. The predicted octanol–water partition coefficient (Wildman–Crippen LogP) is 3.70. The molecule has 1 aromatic rings. The summed E-state index contributed by atoms with van der Waals surface area (Å²) in [5.74, 6) is -0.304. The molecule has 0 aliphatic heterocycles. The Labute approximate surface area is 116 Å². The Bertz CT molecular complexity index is 377. The molecule has 0 heterocycles. The highest BCUT2D eigenvalue weighted by Crippen LogP contribution is 2.24. The summed E-state index contributed by atoms with van der Waals surface area (Å²) in [6.07, 6.45) is 0.426. The van der Waals surface area contributed by atoms with E-state index in [1.165, 1.54) is 12.1 Å². The summed E-state index contributed by atoms with van der Waals surface area (Å²) in [4.78, 5) is 0. The van der Waals surface area contributed by atoms with E-state index in [2.05, 4.69) is 15.9 Å². The van der Waals surface area contributed by atoms with Gasteiger partial charge in [0.15, 0.2) is 0 Å². The quantitative estimate of drug-likeness (QED) is 0.866. The van der Waals surface area contributed by atoms with E-state index in [-0.39, 0.29) is 5.82 Å². The second-order valence-corrected chi connectivity index (χ2v) is 5.51. The van der Waals surface area contributed by atoms with Gasteiger partial charge in [-0.15, -0.1) is 0 Å². The first-order chi connectivity index (χ1) is 8.41. The van der Waals surface area contributed by atoms with Gasteiger partial charge in [-0.3, -0.25) is 0 Å². The first-order valence-corrected chi connectivity index (χ1v) is 6.97. The maximum Gasteiger partial charge on any atom is 0.124 e. The standard InChI is InChI=1S/C14H20BrFO2/c1-4-14(3,18-5-2)13(17)8-10-6-11(15)9-12(16)7-10/h6-7,9,13,17H,4-5,8H2,1-3H3. The predicted molar refractivity (Wildman–Crippen MR) is 74.1 cm³/mol. The number of aliphatic hydroxyl groups excluding tert-OH is 1. The summed E-state index contributed by atoms with van der Waals surface area (Å²) >= 11 is 3.25. The minimum atomic E-state index is -0.656. The Morgan fingerprint density at radius 3 is 2.56 bits per heavy atom. The van der Waals surface area contributed by atoms with Crippen molar-refractivity contribution in [3.8, 4) is 0 Å². The van der Waals surface area contributed by atoms with Gasteiger partial charge in [0.25, 0.3) is 0 Å². The third kappa shape index (κ3) is 4.04. The molecule has 1 aromatic carbocycles. The molecule has 0 radical (unpaired) electrons. The Balaban J connectivity index is 2.82. The van der Waals surface area contributed by atoms with E-state index in [0.29, 0.717) is 23.9 Å². The largest absolute Gasteiger partial charge is 0.390 e. The highest BCUT2D eigenvalue weighted by molar-refractivity contribution is 9.10. The van der Waals surface area contributed by atoms with Gasteiger partial charge in [0.1, 0.15) is 5.82 Å². The molecule has 0 amide bonds. The average molecular weight is 319 g/mol. The third-order valence-electron chi connectivity index (χ3n) is 3.23. The van der Waals surface area contributed by atoms with E-state index >= 15 is 0 Å². The van der Waals surface area contributed by atoms with Crippen LogP contribution in [-0.2, 0) is 11.2 Å². The van der Waals surface area contributed by atoms with Crippen LogP contribution in [0.4, 0.5) is 4.39 Å². The number of benzene rings is 1. The van der Waals surface area contributed by atoms with Gasteiger partial charge in [-0.25, -0.2) is 4.39 Å². The van der Waals surface area contributed by atoms with Crippen molar-refractivity contribution in [2.75, 3.05) is 6.61 Å². The SMILES string of the molecule is CCOC(C)(CC)C(O)Cc1cc(F)cc(Br)c1. The van der Waals surface area contributed by atoms with Crippen LogP contribution >= 0.6 is 15.9 Å². The Morgan fingerprint density at radius 1 is 1.39 bits per heavy atom. The normalized spacial score (nSPS) is 16.3. The lowest BCUT2D eigenvalue weighted by Gasteiger charge is -2.33. The monoisotopic (exact) mass is 318 g/mol. The van der Waals surface area contributed by atoms with Crippen molar-refractivity contribution in [1.29, 1.82) is 0 Å². The highest BCUT2D eigenvalue weighted by Gasteiger charge is 2.31. The molecule has 0 aromatic heterocycles. The molecule has 0 aliphatic carbocycles. The summed E-state index contributed by atoms with van der Waals surface area (Å²) in [5, 5.41) is 10.3. The first-order valence-electron chi connectivity index (χ1n) is 6.18. The van der Waals surface area contributed by atoms with Crippen molar-refractivity contribution in [2.45, 2.75) is 45.3 Å². The Morgan fingerprint density at radius 2 is 2.06 bits per heavy atom. The molecule has 0 saturated carbocycles. The van der Waals surface area contributed by atoms with E-state index in [0.717, 1.165) is 5.56 Å². The molecule has 0 spiro atoms. The van der Waals surface area contributed by atoms with Crippen molar-refractivity contribution in [3.63, 3.8) is 0 Å². The molecular weight excluding hydrogens is 299 g/mol. The van der Waals surface area contributed by atoms with Crippen molar-refractivity contribution < 1.29 is 14.2 Å². The van der Waals surface area contributed by atoms with Crippen LogP contribution in [0.2, 0.25) is 0 Å². The number of hydrogen-bond donors (Lipinski definition) is 1. The van der Waals surface area contributed by atoms with E-state index in [1.54, 1.807) is 0 Å². The molecule has 4 heteroatoms. The average Bonchev–Trinajstić information content (AvgIpc) is 2.27. The molecule has 18 heavy (non-hydrogen) atoms. The molecule has 2 unspecified atom stereocenters. The van der Waals surface area contributed by atoms with E-state index in [1.807, 2.05) is 26.8 Å². The summed E-state index contributed by atoms with van der Waals surface area (Å²) in [6.45, 7) is 6.31. The van der Waals surface area contributed by atoms with Crippen LogP contribution in [0.3, 0.4) is 0 Å². The molecule has 1 rings (SSSR count). The molecular formula is C14H20BrFO2. The topological polar surface area (TPSA) is 29.5 Å². The van der Waals surface area contributed by atoms with Crippen LogP contribution in [0.15, 0.2) is 22.7 Å². The number of rotatable bonds is 6. The number of halogens is 2. The van der Waals surface area contributed by atoms with Gasteiger partial charge >= 0.3 is 0 Å². The Hall–Kier alpha value is -0.450. The van der Waals surface area contributed by atoms with Gasteiger partial charge in [0.2, 0.25) is 0 Å². The lowest BCUT2D eigenvalue weighted by Crippen LogP contribution is -2.43. The third-order valence-corrected chi connectivity index (χ3v) is 3.69. The molecule has 102 valence electrons. The zero-order chi connectivity index (χ0) is 13.8. The van der Waals surface area contributed by atoms with Crippen LogP contribution < -0.4 is 0 Å². The van der Waals surface area contributed by atoms with Crippen molar-refractivity contribution in [2.24, 2.45) is 0 Å². The number of hydrogen-bond acceptors (Lipinski definition) is 2. The van der Waals surface area contributed by atoms with Gasteiger partial charge in [-0.2, -0.15) is 0 Å². The van der Waals surface area contributed by atoms with Gasteiger partial charge < -0.3 is 9.84 Å². The van der Waals surface area contributed by atoms with Gasteiger partial charge in [0, 0.05) is 17.5 Å². The van der Waals surface area contributed by atoms with Crippen molar-refractivity contribution >= 4 is 15.9 Å². The van der Waals surface area contributed by atoms with Crippen molar-refractivity contribution in [3.05, 3.63) is 34.1 Å². The zero-order valence-corrected chi connectivity index (χ0v) is 12.6.